The largest absolute Gasteiger partial charge is 0.469 e. The fraction of sp³-hybridized carbons (Fsp3) is 0.368. The van der Waals surface area contributed by atoms with Gasteiger partial charge in [0, 0.05) is 17.6 Å². The number of halogens is 1. The number of hydrogen-bond acceptors (Lipinski definition) is 4. The summed E-state index contributed by atoms with van der Waals surface area (Å²) in [6, 6.07) is 6.21. The van der Waals surface area contributed by atoms with Crippen LogP contribution in [0.1, 0.15) is 52.7 Å². The lowest BCUT2D eigenvalue weighted by molar-refractivity contribution is 0.0936. The number of carbonyl (C=O) groups excluding carboxylic acids is 2. The Kier molecular flexibility index (Phi) is 7.24. The van der Waals surface area contributed by atoms with E-state index in [1.807, 2.05) is 0 Å². The summed E-state index contributed by atoms with van der Waals surface area (Å²) in [6.45, 7) is 4.13. The van der Waals surface area contributed by atoms with Crippen LogP contribution in [0.15, 0.2) is 34.9 Å². The Balaban J connectivity index is 2.19. The van der Waals surface area contributed by atoms with E-state index in [-0.39, 0.29) is 17.9 Å². The van der Waals surface area contributed by atoms with Gasteiger partial charge in [0.2, 0.25) is 0 Å². The molecule has 26 heavy (non-hydrogen) atoms. The highest BCUT2D eigenvalue weighted by atomic mass is 35.5. The zero-order valence-electron chi connectivity index (χ0n) is 15.0. The van der Waals surface area contributed by atoms with E-state index in [0.717, 1.165) is 19.3 Å². The Hall–Kier alpha value is -2.31. The third kappa shape index (κ3) is 5.09. The SMILES string of the molecule is CCCCC(CN)NC(=O)c1ccc(Cl)cc1NC(=O)c1ccoc1C. The molecular formula is C19H24ClN3O3. The molecule has 0 fully saturated rings. The van der Waals surface area contributed by atoms with Gasteiger partial charge in [0.05, 0.1) is 23.1 Å². The number of carbonyl (C=O) groups is 2. The summed E-state index contributed by atoms with van der Waals surface area (Å²) in [5, 5.41) is 6.07. The molecule has 1 atom stereocenters. The van der Waals surface area contributed by atoms with E-state index in [9.17, 15) is 9.59 Å². The first-order valence-corrected chi connectivity index (χ1v) is 9.00. The maximum Gasteiger partial charge on any atom is 0.259 e. The van der Waals surface area contributed by atoms with Crippen LogP contribution >= 0.6 is 11.6 Å². The van der Waals surface area contributed by atoms with Gasteiger partial charge >= 0.3 is 0 Å². The average molecular weight is 378 g/mol. The van der Waals surface area contributed by atoms with Gasteiger partial charge in [0.15, 0.2) is 0 Å². The summed E-state index contributed by atoms with van der Waals surface area (Å²) in [7, 11) is 0. The number of nitrogens with one attached hydrogen (secondary N) is 2. The van der Waals surface area contributed by atoms with Gasteiger partial charge in [-0.3, -0.25) is 9.59 Å². The van der Waals surface area contributed by atoms with E-state index >= 15 is 0 Å². The van der Waals surface area contributed by atoms with Crippen molar-refractivity contribution in [3.05, 3.63) is 52.4 Å². The summed E-state index contributed by atoms with van der Waals surface area (Å²) < 4.78 is 5.15. The van der Waals surface area contributed by atoms with Crippen LogP contribution in [0.5, 0.6) is 0 Å². The molecule has 0 spiro atoms. The van der Waals surface area contributed by atoms with Gasteiger partial charge in [0.25, 0.3) is 11.8 Å². The van der Waals surface area contributed by atoms with E-state index < -0.39 is 0 Å². The van der Waals surface area contributed by atoms with Gasteiger partial charge in [-0.1, -0.05) is 31.4 Å². The number of rotatable bonds is 8. The van der Waals surface area contributed by atoms with Crippen molar-refractivity contribution in [1.29, 1.82) is 0 Å². The van der Waals surface area contributed by atoms with E-state index in [4.69, 9.17) is 21.8 Å². The zero-order valence-corrected chi connectivity index (χ0v) is 15.7. The Morgan fingerprint density at radius 1 is 1.23 bits per heavy atom. The number of nitrogens with two attached hydrogens (primary N) is 1. The summed E-state index contributed by atoms with van der Waals surface area (Å²) in [5.41, 5.74) is 6.82. The van der Waals surface area contributed by atoms with Crippen LogP contribution in [0.25, 0.3) is 0 Å². The van der Waals surface area contributed by atoms with Gasteiger partial charge in [-0.05, 0) is 37.6 Å². The molecule has 2 aromatic rings. The minimum Gasteiger partial charge on any atom is -0.469 e. The molecule has 6 nitrogen and oxygen atoms in total. The molecule has 1 aromatic carbocycles. The Labute approximate surface area is 158 Å². The van der Waals surface area contributed by atoms with Crippen molar-refractivity contribution >= 4 is 29.1 Å². The standard InChI is InChI=1S/C19H24ClN3O3/c1-3-4-5-14(11-21)22-19(25)16-7-6-13(20)10-17(16)23-18(24)15-8-9-26-12(15)2/h6-10,14H,3-5,11,21H2,1-2H3,(H,22,25)(H,23,24). The number of anilines is 1. The van der Waals surface area contributed by atoms with Crippen LogP contribution in [0.2, 0.25) is 5.02 Å². The van der Waals surface area contributed by atoms with E-state index in [0.29, 0.717) is 34.1 Å². The van der Waals surface area contributed by atoms with Gasteiger partial charge in [-0.2, -0.15) is 0 Å². The molecule has 0 radical (unpaired) electrons. The Morgan fingerprint density at radius 3 is 2.62 bits per heavy atom. The quantitative estimate of drug-likeness (QED) is 0.652. The first kappa shape index (κ1) is 20.0. The lowest BCUT2D eigenvalue weighted by atomic mass is 10.1. The smallest absolute Gasteiger partial charge is 0.259 e. The van der Waals surface area contributed by atoms with Crippen LogP contribution in [-0.2, 0) is 0 Å². The number of benzene rings is 1. The lowest BCUT2D eigenvalue weighted by Crippen LogP contribution is -2.40. The topological polar surface area (TPSA) is 97.4 Å². The van der Waals surface area contributed by atoms with Crippen molar-refractivity contribution in [1.82, 2.24) is 5.32 Å². The summed E-state index contributed by atoms with van der Waals surface area (Å²) >= 11 is 6.04. The fourth-order valence-corrected chi connectivity index (χ4v) is 2.76. The van der Waals surface area contributed by atoms with Crippen LogP contribution in [-0.4, -0.2) is 24.4 Å². The molecule has 0 aliphatic carbocycles. The Morgan fingerprint density at radius 2 is 2.00 bits per heavy atom. The monoisotopic (exact) mass is 377 g/mol. The van der Waals surface area contributed by atoms with E-state index in [2.05, 4.69) is 17.6 Å². The number of amides is 2. The molecule has 7 heteroatoms. The maximum absolute atomic E-state index is 12.7. The molecule has 2 rings (SSSR count). The summed E-state index contributed by atoms with van der Waals surface area (Å²) in [6.07, 6.45) is 4.25. The summed E-state index contributed by atoms with van der Waals surface area (Å²) in [4.78, 5) is 25.1. The molecule has 0 aliphatic heterocycles. The second-order valence-electron chi connectivity index (χ2n) is 6.08. The molecule has 0 bridgehead atoms. The lowest BCUT2D eigenvalue weighted by Gasteiger charge is -2.18. The zero-order chi connectivity index (χ0) is 19.1. The van der Waals surface area contributed by atoms with Crippen LogP contribution in [0.4, 0.5) is 5.69 Å². The molecule has 140 valence electrons. The predicted molar refractivity (Wildman–Crippen MR) is 103 cm³/mol. The molecule has 0 saturated carbocycles. The predicted octanol–water partition coefficient (Wildman–Crippen LogP) is 3.74. The molecule has 1 aromatic heterocycles. The van der Waals surface area contributed by atoms with Gasteiger partial charge in [-0.25, -0.2) is 0 Å². The van der Waals surface area contributed by atoms with Crippen LogP contribution in [0, 0.1) is 6.92 Å². The highest BCUT2D eigenvalue weighted by molar-refractivity contribution is 6.31. The maximum atomic E-state index is 12.7. The first-order valence-electron chi connectivity index (χ1n) is 8.62. The van der Waals surface area contributed by atoms with Gasteiger partial charge in [-0.15, -0.1) is 0 Å². The number of furan rings is 1. The van der Waals surface area contributed by atoms with Crippen molar-refractivity contribution in [2.75, 3.05) is 11.9 Å². The molecule has 0 aliphatic rings. The van der Waals surface area contributed by atoms with Crippen molar-refractivity contribution in [2.45, 2.75) is 39.2 Å². The van der Waals surface area contributed by atoms with Crippen molar-refractivity contribution in [3.63, 3.8) is 0 Å². The third-order valence-corrected chi connectivity index (χ3v) is 4.34. The molecule has 4 N–H and O–H groups in total. The minimum absolute atomic E-state index is 0.113. The second kappa shape index (κ2) is 9.40. The van der Waals surface area contributed by atoms with Crippen molar-refractivity contribution in [3.8, 4) is 0 Å². The Bertz CT molecular complexity index is 773. The van der Waals surface area contributed by atoms with Crippen molar-refractivity contribution < 1.29 is 14.0 Å². The molecule has 1 heterocycles. The summed E-state index contributed by atoms with van der Waals surface area (Å²) in [5.74, 6) is -0.167. The number of unbranched alkanes of at least 4 members (excludes halogenated alkanes) is 1. The minimum atomic E-state index is -0.367. The molecule has 1 unspecified atom stereocenters. The fourth-order valence-electron chi connectivity index (χ4n) is 2.59. The second-order valence-corrected chi connectivity index (χ2v) is 6.52. The van der Waals surface area contributed by atoms with Crippen LogP contribution < -0.4 is 16.4 Å². The van der Waals surface area contributed by atoms with E-state index in [1.54, 1.807) is 31.2 Å². The molecular weight excluding hydrogens is 354 g/mol. The normalized spacial score (nSPS) is 11.8. The van der Waals surface area contributed by atoms with Crippen LogP contribution in [0.3, 0.4) is 0 Å². The molecule has 0 saturated heterocycles. The number of aryl methyl sites for hydroxylation is 1. The van der Waals surface area contributed by atoms with Gasteiger partial charge in [0.1, 0.15) is 5.76 Å². The average Bonchev–Trinajstić information content (AvgIpc) is 3.04. The third-order valence-electron chi connectivity index (χ3n) is 4.10. The number of hydrogen-bond donors (Lipinski definition) is 3. The highest BCUT2D eigenvalue weighted by Crippen LogP contribution is 2.23. The van der Waals surface area contributed by atoms with Gasteiger partial charge < -0.3 is 20.8 Å². The first-order chi connectivity index (χ1) is 12.5. The van der Waals surface area contributed by atoms with E-state index in [1.165, 1.54) is 6.26 Å². The highest BCUT2D eigenvalue weighted by Gasteiger charge is 2.19. The molecule has 2 amide bonds. The van der Waals surface area contributed by atoms with Crippen molar-refractivity contribution in [2.24, 2.45) is 5.73 Å².